The number of hydrogen-bond donors (Lipinski definition) is 1. The Morgan fingerprint density at radius 3 is 2.83 bits per heavy atom. The van der Waals surface area contributed by atoms with Gasteiger partial charge < -0.3 is 10.1 Å². The van der Waals surface area contributed by atoms with E-state index in [-0.39, 0.29) is 0 Å². The molecule has 1 aromatic rings. The van der Waals surface area contributed by atoms with E-state index in [2.05, 4.69) is 49.3 Å². The van der Waals surface area contributed by atoms with Gasteiger partial charge in [-0.2, -0.15) is 0 Å². The molecule has 0 radical (unpaired) electrons. The molecule has 0 saturated carbocycles. The number of benzene rings is 1. The first-order chi connectivity index (χ1) is 8.65. The minimum Gasteiger partial charge on any atom is -0.377 e. The lowest BCUT2D eigenvalue weighted by atomic mass is 10.1. The summed E-state index contributed by atoms with van der Waals surface area (Å²) in [5.74, 6) is 0. The van der Waals surface area contributed by atoms with Crippen LogP contribution in [0.1, 0.15) is 30.5 Å². The van der Waals surface area contributed by atoms with Crippen LogP contribution in [0.25, 0.3) is 0 Å². The standard InChI is InChI=1S/C15H24N2O/c1-12(2)18-7-6-17(3)11-13-4-5-14-9-16-10-15(14)8-13/h4-5,8,12,16H,6-7,9-11H2,1-3H3. The van der Waals surface area contributed by atoms with Crippen molar-refractivity contribution in [1.29, 1.82) is 0 Å². The molecule has 0 unspecified atom stereocenters. The fraction of sp³-hybridized carbons (Fsp3) is 0.600. The van der Waals surface area contributed by atoms with Gasteiger partial charge >= 0.3 is 0 Å². The summed E-state index contributed by atoms with van der Waals surface area (Å²) in [6.07, 6.45) is 0.324. The van der Waals surface area contributed by atoms with Crippen molar-refractivity contribution in [2.75, 3.05) is 20.2 Å². The predicted molar refractivity (Wildman–Crippen MR) is 74.4 cm³/mol. The van der Waals surface area contributed by atoms with Gasteiger partial charge in [-0.3, -0.25) is 4.90 Å². The molecule has 0 fully saturated rings. The van der Waals surface area contributed by atoms with Crippen LogP contribution in [0, 0.1) is 0 Å². The van der Waals surface area contributed by atoms with Gasteiger partial charge in [0.25, 0.3) is 0 Å². The summed E-state index contributed by atoms with van der Waals surface area (Å²) in [7, 11) is 2.15. The normalized spacial score (nSPS) is 14.5. The van der Waals surface area contributed by atoms with Gasteiger partial charge in [-0.15, -0.1) is 0 Å². The largest absolute Gasteiger partial charge is 0.377 e. The second-order valence-electron chi connectivity index (χ2n) is 5.36. The van der Waals surface area contributed by atoms with Crippen molar-refractivity contribution in [2.45, 2.75) is 39.6 Å². The minimum absolute atomic E-state index is 0.324. The topological polar surface area (TPSA) is 24.5 Å². The van der Waals surface area contributed by atoms with Gasteiger partial charge in [0.05, 0.1) is 12.7 Å². The van der Waals surface area contributed by atoms with E-state index in [1.807, 2.05) is 0 Å². The van der Waals surface area contributed by atoms with Gasteiger partial charge in [0.2, 0.25) is 0 Å². The molecule has 3 heteroatoms. The lowest BCUT2D eigenvalue weighted by molar-refractivity contribution is 0.0627. The maximum absolute atomic E-state index is 5.57. The zero-order valence-electron chi connectivity index (χ0n) is 11.7. The molecule has 18 heavy (non-hydrogen) atoms. The summed E-state index contributed by atoms with van der Waals surface area (Å²) < 4.78 is 5.57. The number of likely N-dealkylation sites (N-methyl/N-ethyl adjacent to an activating group) is 1. The Morgan fingerprint density at radius 2 is 2.06 bits per heavy atom. The third kappa shape index (κ3) is 3.80. The second kappa shape index (κ2) is 6.32. The zero-order valence-corrected chi connectivity index (χ0v) is 11.7. The molecule has 1 heterocycles. The Kier molecular flexibility index (Phi) is 4.75. The summed E-state index contributed by atoms with van der Waals surface area (Å²) >= 11 is 0. The highest BCUT2D eigenvalue weighted by molar-refractivity contribution is 5.34. The molecule has 1 aliphatic rings. The quantitative estimate of drug-likeness (QED) is 0.835. The molecule has 1 aliphatic heterocycles. The van der Waals surface area contributed by atoms with Crippen LogP contribution < -0.4 is 5.32 Å². The summed E-state index contributed by atoms with van der Waals surface area (Å²) in [5, 5.41) is 3.38. The number of nitrogens with zero attached hydrogens (tertiary/aromatic N) is 1. The van der Waals surface area contributed by atoms with Crippen LogP contribution in [0.5, 0.6) is 0 Å². The van der Waals surface area contributed by atoms with Gasteiger partial charge in [-0.1, -0.05) is 18.2 Å². The van der Waals surface area contributed by atoms with E-state index in [1.165, 1.54) is 16.7 Å². The highest BCUT2D eigenvalue weighted by Gasteiger charge is 2.10. The van der Waals surface area contributed by atoms with Crippen molar-refractivity contribution in [3.05, 3.63) is 34.9 Å². The van der Waals surface area contributed by atoms with Crippen molar-refractivity contribution in [3.63, 3.8) is 0 Å². The third-order valence-electron chi connectivity index (χ3n) is 3.28. The van der Waals surface area contributed by atoms with E-state index in [4.69, 9.17) is 4.74 Å². The second-order valence-corrected chi connectivity index (χ2v) is 5.36. The number of hydrogen-bond acceptors (Lipinski definition) is 3. The lowest BCUT2D eigenvalue weighted by Gasteiger charge is -2.18. The highest BCUT2D eigenvalue weighted by Crippen LogP contribution is 2.17. The molecule has 0 spiro atoms. The Balaban J connectivity index is 1.82. The Morgan fingerprint density at radius 1 is 1.28 bits per heavy atom. The van der Waals surface area contributed by atoms with Gasteiger partial charge in [0.1, 0.15) is 0 Å². The molecule has 3 nitrogen and oxygen atoms in total. The molecule has 0 aliphatic carbocycles. The molecule has 2 rings (SSSR count). The maximum Gasteiger partial charge on any atom is 0.0596 e. The van der Waals surface area contributed by atoms with E-state index in [9.17, 15) is 0 Å². The van der Waals surface area contributed by atoms with Crippen LogP contribution in [0.4, 0.5) is 0 Å². The van der Waals surface area contributed by atoms with Crippen molar-refractivity contribution >= 4 is 0 Å². The highest BCUT2D eigenvalue weighted by atomic mass is 16.5. The average molecular weight is 248 g/mol. The van der Waals surface area contributed by atoms with Crippen LogP contribution in [0.15, 0.2) is 18.2 Å². The number of nitrogens with one attached hydrogen (secondary N) is 1. The molecule has 0 bridgehead atoms. The van der Waals surface area contributed by atoms with E-state index in [0.29, 0.717) is 6.10 Å². The third-order valence-corrected chi connectivity index (χ3v) is 3.28. The summed E-state index contributed by atoms with van der Waals surface area (Å²) in [4.78, 5) is 2.31. The van der Waals surface area contributed by atoms with E-state index in [0.717, 1.165) is 32.8 Å². The van der Waals surface area contributed by atoms with Gasteiger partial charge in [0, 0.05) is 26.2 Å². The first-order valence-electron chi connectivity index (χ1n) is 6.76. The molecular formula is C15H24N2O. The summed E-state index contributed by atoms with van der Waals surface area (Å²) in [6.45, 7) is 8.97. The molecule has 1 aromatic carbocycles. The van der Waals surface area contributed by atoms with Crippen molar-refractivity contribution in [1.82, 2.24) is 10.2 Å². The minimum atomic E-state index is 0.324. The average Bonchev–Trinajstić information content (AvgIpc) is 2.75. The number of ether oxygens (including phenoxy) is 1. The fourth-order valence-corrected chi connectivity index (χ4v) is 2.28. The molecule has 0 amide bonds. The summed E-state index contributed by atoms with van der Waals surface area (Å²) in [6, 6.07) is 6.82. The molecular weight excluding hydrogens is 224 g/mol. The summed E-state index contributed by atoms with van der Waals surface area (Å²) in [5.41, 5.74) is 4.30. The maximum atomic E-state index is 5.57. The zero-order chi connectivity index (χ0) is 13.0. The molecule has 0 aromatic heterocycles. The monoisotopic (exact) mass is 248 g/mol. The van der Waals surface area contributed by atoms with Crippen LogP contribution in [-0.2, 0) is 24.4 Å². The molecule has 0 saturated heterocycles. The molecule has 1 N–H and O–H groups in total. The fourth-order valence-electron chi connectivity index (χ4n) is 2.28. The van der Waals surface area contributed by atoms with E-state index < -0.39 is 0 Å². The van der Waals surface area contributed by atoms with Crippen LogP contribution in [0.3, 0.4) is 0 Å². The van der Waals surface area contributed by atoms with Crippen LogP contribution in [-0.4, -0.2) is 31.2 Å². The first kappa shape index (κ1) is 13.5. The number of fused-ring (bicyclic) bond motifs is 1. The van der Waals surface area contributed by atoms with Gasteiger partial charge in [0.15, 0.2) is 0 Å². The lowest BCUT2D eigenvalue weighted by Crippen LogP contribution is -2.24. The predicted octanol–water partition coefficient (Wildman–Crippen LogP) is 2.15. The van der Waals surface area contributed by atoms with Crippen LogP contribution in [0.2, 0.25) is 0 Å². The van der Waals surface area contributed by atoms with E-state index >= 15 is 0 Å². The smallest absolute Gasteiger partial charge is 0.0596 e. The van der Waals surface area contributed by atoms with Crippen molar-refractivity contribution < 1.29 is 4.74 Å². The van der Waals surface area contributed by atoms with E-state index in [1.54, 1.807) is 0 Å². The number of rotatable bonds is 6. The first-order valence-corrected chi connectivity index (χ1v) is 6.76. The SMILES string of the molecule is CC(C)OCCN(C)Cc1ccc2c(c1)CNC2. The van der Waals surface area contributed by atoms with Gasteiger partial charge in [-0.25, -0.2) is 0 Å². The van der Waals surface area contributed by atoms with Crippen molar-refractivity contribution in [3.8, 4) is 0 Å². The van der Waals surface area contributed by atoms with Gasteiger partial charge in [-0.05, 0) is 37.6 Å². The molecule has 0 atom stereocenters. The Labute approximate surface area is 110 Å². The molecule has 100 valence electrons. The van der Waals surface area contributed by atoms with Crippen molar-refractivity contribution in [2.24, 2.45) is 0 Å². The Bertz CT molecular complexity index is 390. The Hall–Kier alpha value is -0.900. The van der Waals surface area contributed by atoms with Crippen LogP contribution >= 0.6 is 0 Å².